The van der Waals surface area contributed by atoms with Crippen LogP contribution in [0.2, 0.25) is 0 Å². The Hall–Kier alpha value is -2.94. The van der Waals surface area contributed by atoms with Gasteiger partial charge in [-0.15, -0.1) is 0 Å². The zero-order valence-corrected chi connectivity index (χ0v) is 16.9. The maximum absolute atomic E-state index is 12.6. The lowest BCUT2D eigenvalue weighted by Gasteiger charge is -2.27. The molecule has 9 nitrogen and oxygen atoms in total. The van der Waals surface area contributed by atoms with Gasteiger partial charge in [0.2, 0.25) is 23.6 Å². The van der Waals surface area contributed by atoms with Gasteiger partial charge >= 0.3 is 0 Å². The van der Waals surface area contributed by atoms with Crippen LogP contribution >= 0.6 is 0 Å². The monoisotopic (exact) mass is 404 g/mol. The summed E-state index contributed by atoms with van der Waals surface area (Å²) in [6, 6.07) is 7.77. The van der Waals surface area contributed by atoms with Crippen molar-refractivity contribution in [3.05, 3.63) is 35.9 Å². The molecule has 1 fully saturated rings. The maximum atomic E-state index is 12.6. The molecule has 29 heavy (non-hydrogen) atoms. The predicted octanol–water partition coefficient (Wildman–Crippen LogP) is -0.752. The fourth-order valence-corrected chi connectivity index (χ4v) is 3.28. The fraction of sp³-hybridized carbons (Fsp3) is 0.500. The lowest BCUT2D eigenvalue weighted by atomic mass is 10.1. The number of nitrogens with one attached hydrogen (secondary N) is 2. The van der Waals surface area contributed by atoms with E-state index in [4.69, 9.17) is 0 Å². The molecule has 1 aromatic carbocycles. The number of likely N-dealkylation sites (tertiary alicyclic amines) is 1. The van der Waals surface area contributed by atoms with Gasteiger partial charge in [0.1, 0.15) is 12.1 Å². The summed E-state index contributed by atoms with van der Waals surface area (Å²) in [5, 5.41) is 15.0. The van der Waals surface area contributed by atoms with E-state index in [1.165, 1.54) is 23.6 Å². The number of carbonyl (C=O) groups excluding carboxylic acids is 4. The Bertz CT molecular complexity index is 754. The molecule has 1 unspecified atom stereocenters. The molecule has 3 N–H and O–H groups in total. The topological polar surface area (TPSA) is 119 Å². The quantitative estimate of drug-likeness (QED) is 0.552. The predicted molar refractivity (Wildman–Crippen MR) is 105 cm³/mol. The van der Waals surface area contributed by atoms with Crippen LogP contribution < -0.4 is 10.6 Å². The molecule has 1 aliphatic rings. The van der Waals surface area contributed by atoms with Gasteiger partial charge in [-0.1, -0.05) is 30.3 Å². The molecule has 0 saturated carbocycles. The van der Waals surface area contributed by atoms with Crippen molar-refractivity contribution in [2.24, 2.45) is 0 Å². The van der Waals surface area contributed by atoms with E-state index in [0.29, 0.717) is 6.54 Å². The molecule has 158 valence electrons. The average Bonchev–Trinajstić information content (AvgIpc) is 3.07. The zero-order chi connectivity index (χ0) is 21.6. The molecule has 1 aromatic rings. The molecule has 0 spiro atoms. The van der Waals surface area contributed by atoms with Crippen LogP contribution in [0.15, 0.2) is 30.3 Å². The van der Waals surface area contributed by atoms with Crippen LogP contribution in [0.25, 0.3) is 0 Å². The second-order valence-corrected chi connectivity index (χ2v) is 7.27. The van der Waals surface area contributed by atoms with E-state index >= 15 is 0 Å². The molecular formula is C20H28N4O5. The average molecular weight is 404 g/mol. The Kier molecular flexibility index (Phi) is 7.72. The second kappa shape index (κ2) is 10.0. The summed E-state index contributed by atoms with van der Waals surface area (Å²) in [6.45, 7) is 3.02. The number of β-amino-alcohol motifs (C(OH)–C–C–N with tert-alkyl or cyclic N) is 1. The highest BCUT2D eigenvalue weighted by molar-refractivity contribution is 5.93. The lowest BCUT2D eigenvalue weighted by molar-refractivity contribution is -0.141. The summed E-state index contributed by atoms with van der Waals surface area (Å²) in [5.74, 6) is -1.60. The second-order valence-electron chi connectivity index (χ2n) is 7.27. The molecule has 0 aromatic heterocycles. The third-order valence-corrected chi connectivity index (χ3v) is 4.76. The minimum atomic E-state index is -0.888. The largest absolute Gasteiger partial charge is 0.391 e. The molecule has 1 aliphatic heterocycles. The molecular weight excluding hydrogens is 376 g/mol. The molecule has 9 heteroatoms. The number of aliphatic hydroxyl groups is 1. The fourth-order valence-electron chi connectivity index (χ4n) is 3.28. The molecule has 2 rings (SSSR count). The van der Waals surface area contributed by atoms with Gasteiger partial charge in [0, 0.05) is 33.5 Å². The van der Waals surface area contributed by atoms with E-state index in [2.05, 4.69) is 10.6 Å². The van der Waals surface area contributed by atoms with Gasteiger partial charge in [-0.25, -0.2) is 0 Å². The zero-order valence-electron chi connectivity index (χ0n) is 16.9. The number of hydrogen-bond acceptors (Lipinski definition) is 5. The highest BCUT2D eigenvalue weighted by atomic mass is 16.3. The summed E-state index contributed by atoms with van der Waals surface area (Å²) in [5.41, 5.74) is 0.970. The standard InChI is InChI=1S/C20H28N4O5/c1-13(22-14(2)25)20(29)24-12-16(26)9-17(24)19(28)21-10-18(27)23(3)11-15-7-5-4-6-8-15/h4-8,13,16-17,26H,9-12H2,1-3H3,(H,21,28)(H,22,25)/t13?,16-,17+/m1/s1. The Morgan fingerprint density at radius 1 is 1.24 bits per heavy atom. The van der Waals surface area contributed by atoms with Crippen LogP contribution in [0.5, 0.6) is 0 Å². The van der Waals surface area contributed by atoms with Crippen molar-refractivity contribution in [2.45, 2.75) is 45.0 Å². The first-order valence-electron chi connectivity index (χ1n) is 9.50. The third kappa shape index (κ3) is 6.28. The van der Waals surface area contributed by atoms with E-state index in [1.54, 1.807) is 7.05 Å². The maximum Gasteiger partial charge on any atom is 0.245 e. The first-order chi connectivity index (χ1) is 13.7. The van der Waals surface area contributed by atoms with E-state index in [9.17, 15) is 24.3 Å². The van der Waals surface area contributed by atoms with Gasteiger partial charge < -0.3 is 25.5 Å². The number of carbonyl (C=O) groups is 4. The summed E-state index contributed by atoms with van der Waals surface area (Å²) in [7, 11) is 1.64. The molecule has 1 heterocycles. The minimum absolute atomic E-state index is 0.00268. The minimum Gasteiger partial charge on any atom is -0.391 e. The van der Waals surface area contributed by atoms with Crippen molar-refractivity contribution in [1.29, 1.82) is 0 Å². The normalized spacial score (nSPS) is 19.4. The van der Waals surface area contributed by atoms with Crippen molar-refractivity contribution >= 4 is 23.6 Å². The lowest BCUT2D eigenvalue weighted by Crippen LogP contribution is -2.53. The van der Waals surface area contributed by atoms with E-state index in [1.807, 2.05) is 30.3 Å². The van der Waals surface area contributed by atoms with Crippen LogP contribution in [0.3, 0.4) is 0 Å². The number of rotatable bonds is 7. The van der Waals surface area contributed by atoms with Crippen molar-refractivity contribution in [1.82, 2.24) is 20.4 Å². The highest BCUT2D eigenvalue weighted by Crippen LogP contribution is 2.19. The third-order valence-electron chi connectivity index (χ3n) is 4.76. The number of nitrogens with zero attached hydrogens (tertiary/aromatic N) is 2. The Morgan fingerprint density at radius 3 is 2.52 bits per heavy atom. The highest BCUT2D eigenvalue weighted by Gasteiger charge is 2.40. The van der Waals surface area contributed by atoms with Gasteiger partial charge in [-0.05, 0) is 12.5 Å². The number of amides is 4. The van der Waals surface area contributed by atoms with Crippen LogP contribution in [-0.4, -0.2) is 76.9 Å². The number of benzene rings is 1. The van der Waals surface area contributed by atoms with Gasteiger partial charge in [-0.2, -0.15) is 0 Å². The van der Waals surface area contributed by atoms with Gasteiger partial charge in [0.05, 0.1) is 12.6 Å². The molecule has 0 bridgehead atoms. The van der Waals surface area contributed by atoms with Gasteiger partial charge in [-0.3, -0.25) is 19.2 Å². The van der Waals surface area contributed by atoms with Gasteiger partial charge in [0.25, 0.3) is 0 Å². The Morgan fingerprint density at radius 2 is 1.90 bits per heavy atom. The van der Waals surface area contributed by atoms with E-state index in [0.717, 1.165) is 5.56 Å². The van der Waals surface area contributed by atoms with Crippen LogP contribution in [0.4, 0.5) is 0 Å². The van der Waals surface area contributed by atoms with Crippen LogP contribution in [-0.2, 0) is 25.7 Å². The summed E-state index contributed by atoms with van der Waals surface area (Å²) < 4.78 is 0. The van der Waals surface area contributed by atoms with E-state index in [-0.39, 0.29) is 31.3 Å². The first kappa shape index (κ1) is 22.4. The molecule has 3 atom stereocenters. The van der Waals surface area contributed by atoms with Crippen molar-refractivity contribution in [3.8, 4) is 0 Å². The van der Waals surface area contributed by atoms with Crippen molar-refractivity contribution < 1.29 is 24.3 Å². The van der Waals surface area contributed by atoms with Crippen molar-refractivity contribution in [2.75, 3.05) is 20.1 Å². The van der Waals surface area contributed by atoms with E-state index < -0.39 is 30.0 Å². The van der Waals surface area contributed by atoms with Crippen LogP contribution in [0, 0.1) is 0 Å². The van der Waals surface area contributed by atoms with Gasteiger partial charge in [0.15, 0.2) is 0 Å². The summed E-state index contributed by atoms with van der Waals surface area (Å²) in [6.07, 6.45) is -0.756. The summed E-state index contributed by atoms with van der Waals surface area (Å²) >= 11 is 0. The number of likely N-dealkylation sites (N-methyl/N-ethyl adjacent to an activating group) is 1. The molecule has 1 saturated heterocycles. The molecule has 0 radical (unpaired) electrons. The Labute approximate surface area is 170 Å². The summed E-state index contributed by atoms with van der Waals surface area (Å²) in [4.78, 5) is 51.3. The van der Waals surface area contributed by atoms with Crippen molar-refractivity contribution in [3.63, 3.8) is 0 Å². The smallest absolute Gasteiger partial charge is 0.245 e. The SMILES string of the molecule is CC(=O)NC(C)C(=O)N1C[C@H](O)C[C@H]1C(=O)NCC(=O)N(C)Cc1ccccc1. The van der Waals surface area contributed by atoms with Crippen LogP contribution in [0.1, 0.15) is 25.8 Å². The number of hydrogen-bond donors (Lipinski definition) is 3. The molecule has 0 aliphatic carbocycles. The Balaban J connectivity index is 1.91. The molecule has 4 amide bonds. The first-order valence-corrected chi connectivity index (χ1v) is 9.50. The number of aliphatic hydroxyl groups excluding tert-OH is 1.